The quantitative estimate of drug-likeness (QED) is 0.666. The molecular formula is C19H17F6NO2. The summed E-state index contributed by atoms with van der Waals surface area (Å²) in [6.07, 6.45) is -9.98. The van der Waals surface area contributed by atoms with Crippen LogP contribution in [0.2, 0.25) is 0 Å². The number of carbonyl (C=O) groups is 1. The number of hydrogen-bond acceptors (Lipinski definition) is 2. The van der Waals surface area contributed by atoms with Crippen molar-refractivity contribution in [1.82, 2.24) is 0 Å². The summed E-state index contributed by atoms with van der Waals surface area (Å²) in [7, 11) is 0. The zero-order valence-corrected chi connectivity index (χ0v) is 15.2. The van der Waals surface area contributed by atoms with Crippen LogP contribution in [0.15, 0.2) is 30.3 Å². The van der Waals surface area contributed by atoms with Crippen molar-refractivity contribution in [3.05, 3.63) is 58.1 Å². The van der Waals surface area contributed by atoms with E-state index in [4.69, 9.17) is 4.74 Å². The Balaban J connectivity index is 2.19. The number of carbonyl (C=O) groups excluding carboxylic acids is 1. The number of halogens is 6. The minimum absolute atomic E-state index is 0.00798. The second-order valence-corrected chi connectivity index (χ2v) is 6.35. The van der Waals surface area contributed by atoms with Crippen molar-refractivity contribution in [3.8, 4) is 5.75 Å². The lowest BCUT2D eigenvalue weighted by molar-refractivity contribution is -0.143. The van der Waals surface area contributed by atoms with Crippen LogP contribution in [0, 0.1) is 20.8 Å². The molecule has 1 N–H and O–H groups in total. The summed E-state index contributed by atoms with van der Waals surface area (Å²) in [6.45, 7) is 4.66. The molecule has 0 saturated carbocycles. The molecule has 0 radical (unpaired) electrons. The average molecular weight is 405 g/mol. The van der Waals surface area contributed by atoms with Crippen LogP contribution in [0.5, 0.6) is 5.75 Å². The lowest BCUT2D eigenvalue weighted by atomic mass is 10.1. The van der Waals surface area contributed by atoms with Gasteiger partial charge in [-0.15, -0.1) is 0 Å². The molecule has 0 atom stereocenters. The van der Waals surface area contributed by atoms with Crippen LogP contribution in [0.25, 0.3) is 0 Å². The van der Waals surface area contributed by atoms with Crippen molar-refractivity contribution in [2.24, 2.45) is 0 Å². The molecule has 2 aromatic carbocycles. The number of aryl methyl sites for hydroxylation is 3. The summed E-state index contributed by atoms with van der Waals surface area (Å²) < 4.78 is 82.0. The van der Waals surface area contributed by atoms with Crippen molar-refractivity contribution in [2.75, 3.05) is 11.9 Å². The highest BCUT2D eigenvalue weighted by Gasteiger charge is 2.37. The third-order valence-corrected chi connectivity index (χ3v) is 3.87. The van der Waals surface area contributed by atoms with Gasteiger partial charge in [-0.2, -0.15) is 26.3 Å². The molecule has 0 aliphatic heterocycles. The molecule has 152 valence electrons. The third-order valence-electron chi connectivity index (χ3n) is 3.87. The maximum absolute atomic E-state index is 12.8. The standard InChI is InChI=1S/C19H17F6NO2/c1-10-4-11(2)17(12(3)5-10)26-16(27)9-28-15-7-13(18(20,21)22)6-14(8-15)19(23,24)25/h4-8H,9H2,1-3H3,(H,26,27). The minimum atomic E-state index is -4.99. The topological polar surface area (TPSA) is 38.3 Å². The van der Waals surface area contributed by atoms with Crippen molar-refractivity contribution < 1.29 is 35.9 Å². The van der Waals surface area contributed by atoms with Gasteiger partial charge in [0.25, 0.3) is 5.91 Å². The molecule has 0 heterocycles. The van der Waals surface area contributed by atoms with Gasteiger partial charge in [0.05, 0.1) is 11.1 Å². The Morgan fingerprint density at radius 2 is 1.32 bits per heavy atom. The molecule has 0 fully saturated rings. The van der Waals surface area contributed by atoms with Crippen molar-refractivity contribution in [1.29, 1.82) is 0 Å². The van der Waals surface area contributed by atoms with Gasteiger partial charge in [0.15, 0.2) is 6.61 Å². The monoisotopic (exact) mass is 405 g/mol. The van der Waals surface area contributed by atoms with Gasteiger partial charge >= 0.3 is 12.4 Å². The number of ether oxygens (including phenoxy) is 1. The number of rotatable bonds is 4. The van der Waals surface area contributed by atoms with Gasteiger partial charge in [0.1, 0.15) is 5.75 Å². The van der Waals surface area contributed by atoms with E-state index in [0.717, 1.165) is 16.7 Å². The summed E-state index contributed by atoms with van der Waals surface area (Å²) in [5.41, 5.74) is 0.00610. The first-order valence-corrected chi connectivity index (χ1v) is 8.07. The maximum atomic E-state index is 12.8. The Bertz CT molecular complexity index is 832. The molecule has 0 saturated heterocycles. The summed E-state index contributed by atoms with van der Waals surface area (Å²) >= 11 is 0. The predicted molar refractivity (Wildman–Crippen MR) is 91.2 cm³/mol. The molecule has 2 aromatic rings. The zero-order valence-electron chi connectivity index (χ0n) is 15.2. The smallest absolute Gasteiger partial charge is 0.416 e. The normalized spacial score (nSPS) is 12.0. The number of amides is 1. The second kappa shape index (κ2) is 7.73. The van der Waals surface area contributed by atoms with Gasteiger partial charge in [0.2, 0.25) is 0 Å². The third kappa shape index (κ3) is 5.40. The highest BCUT2D eigenvalue weighted by atomic mass is 19.4. The van der Waals surface area contributed by atoms with Crippen LogP contribution >= 0.6 is 0 Å². The van der Waals surface area contributed by atoms with Crippen molar-refractivity contribution in [2.45, 2.75) is 33.1 Å². The first kappa shape index (κ1) is 21.6. The number of benzene rings is 2. The molecule has 28 heavy (non-hydrogen) atoms. The van der Waals surface area contributed by atoms with Crippen molar-refractivity contribution >= 4 is 11.6 Å². The van der Waals surface area contributed by atoms with E-state index in [2.05, 4.69) is 5.32 Å². The maximum Gasteiger partial charge on any atom is 0.416 e. The molecule has 0 spiro atoms. The van der Waals surface area contributed by atoms with E-state index >= 15 is 0 Å². The van der Waals surface area contributed by atoms with E-state index in [-0.39, 0.29) is 6.07 Å². The molecule has 0 unspecified atom stereocenters. The fourth-order valence-corrected chi connectivity index (χ4v) is 2.71. The molecule has 0 aliphatic carbocycles. The van der Waals surface area contributed by atoms with E-state index < -0.39 is 41.7 Å². The summed E-state index contributed by atoms with van der Waals surface area (Å²) in [5.74, 6) is -1.41. The van der Waals surface area contributed by atoms with Gasteiger partial charge in [-0.3, -0.25) is 4.79 Å². The Kier molecular flexibility index (Phi) is 5.96. The molecule has 2 rings (SSSR count). The van der Waals surface area contributed by atoms with Crippen LogP contribution in [0.4, 0.5) is 32.0 Å². The van der Waals surface area contributed by atoms with E-state index in [1.54, 1.807) is 13.8 Å². The minimum Gasteiger partial charge on any atom is -0.484 e. The Morgan fingerprint density at radius 3 is 1.75 bits per heavy atom. The Hall–Kier alpha value is -2.71. The van der Waals surface area contributed by atoms with Gasteiger partial charge < -0.3 is 10.1 Å². The van der Waals surface area contributed by atoms with Crippen molar-refractivity contribution in [3.63, 3.8) is 0 Å². The molecule has 0 bridgehead atoms. The van der Waals surface area contributed by atoms with Crippen LogP contribution in [-0.2, 0) is 17.1 Å². The summed E-state index contributed by atoms with van der Waals surface area (Å²) in [5, 5.41) is 2.56. The highest BCUT2D eigenvalue weighted by molar-refractivity contribution is 5.93. The zero-order chi connectivity index (χ0) is 21.3. The molecular weight excluding hydrogens is 388 g/mol. The fraction of sp³-hybridized carbons (Fsp3) is 0.316. The molecule has 3 nitrogen and oxygen atoms in total. The molecule has 0 aliphatic rings. The van der Waals surface area contributed by atoms with Gasteiger partial charge in [0, 0.05) is 5.69 Å². The summed E-state index contributed by atoms with van der Waals surface area (Å²) in [4.78, 5) is 12.1. The first-order valence-electron chi connectivity index (χ1n) is 8.07. The molecule has 1 amide bonds. The number of anilines is 1. The second-order valence-electron chi connectivity index (χ2n) is 6.35. The van der Waals surface area contributed by atoms with Gasteiger partial charge in [-0.05, 0) is 50.1 Å². The molecule has 0 aromatic heterocycles. The number of alkyl halides is 6. The van der Waals surface area contributed by atoms with Crippen LogP contribution in [0.3, 0.4) is 0 Å². The van der Waals surface area contributed by atoms with E-state index in [0.29, 0.717) is 17.8 Å². The van der Waals surface area contributed by atoms with Crippen LogP contribution in [0.1, 0.15) is 27.8 Å². The highest BCUT2D eigenvalue weighted by Crippen LogP contribution is 2.38. The lowest BCUT2D eigenvalue weighted by Crippen LogP contribution is -2.21. The first-order chi connectivity index (χ1) is 12.8. The predicted octanol–water partition coefficient (Wildman–Crippen LogP) is 5.67. The van der Waals surface area contributed by atoms with Gasteiger partial charge in [-0.25, -0.2) is 0 Å². The average Bonchev–Trinajstić information content (AvgIpc) is 2.54. The summed E-state index contributed by atoms with van der Waals surface area (Å²) in [6, 6.07) is 4.49. The van der Waals surface area contributed by atoms with E-state index in [1.807, 2.05) is 19.1 Å². The largest absolute Gasteiger partial charge is 0.484 e. The Morgan fingerprint density at radius 1 is 0.857 bits per heavy atom. The number of nitrogens with one attached hydrogen (secondary N) is 1. The van der Waals surface area contributed by atoms with Crippen LogP contribution < -0.4 is 10.1 Å². The SMILES string of the molecule is Cc1cc(C)c(NC(=O)COc2cc(C(F)(F)F)cc(C(F)(F)F)c2)c(C)c1. The number of hydrogen-bond donors (Lipinski definition) is 1. The Labute approximate surface area is 157 Å². The fourth-order valence-electron chi connectivity index (χ4n) is 2.71. The lowest BCUT2D eigenvalue weighted by Gasteiger charge is -2.16. The molecule has 9 heteroatoms. The van der Waals surface area contributed by atoms with Gasteiger partial charge in [-0.1, -0.05) is 17.7 Å². The van der Waals surface area contributed by atoms with E-state index in [1.165, 1.54) is 0 Å². The van der Waals surface area contributed by atoms with Crippen LogP contribution in [-0.4, -0.2) is 12.5 Å². The van der Waals surface area contributed by atoms with E-state index in [9.17, 15) is 31.1 Å².